The minimum Gasteiger partial charge on any atom is -0.357 e. The first kappa shape index (κ1) is 17.3. The first-order valence-electron chi connectivity index (χ1n) is 6.92. The molecular weight excluding hydrogens is 327 g/mol. The third kappa shape index (κ3) is 4.95. The fourth-order valence-electron chi connectivity index (χ4n) is 1.66. The van der Waals surface area contributed by atoms with Crippen LogP contribution in [0.3, 0.4) is 0 Å². The van der Waals surface area contributed by atoms with Crippen molar-refractivity contribution in [3.63, 3.8) is 0 Å². The number of amides is 1. The summed E-state index contributed by atoms with van der Waals surface area (Å²) in [4.78, 5) is 14.5. The van der Waals surface area contributed by atoms with Gasteiger partial charge in [-0.2, -0.15) is 13.2 Å². The number of alkyl halides is 3. The maximum Gasteiger partial charge on any atom is 0.427 e. The standard InChI is InChI=1S/C15H16F3N3OS/c1-9(2)13(22)21-11-5-3-10(4-6-11)7-19-14-20-8-12(23-14)15(16,17)18/h3-6,8-9H,7H2,1-2H3,(H,19,20)(H,21,22). The number of thiazole rings is 1. The third-order valence-corrected chi connectivity index (χ3v) is 3.97. The molecule has 0 fully saturated rings. The van der Waals surface area contributed by atoms with Crippen molar-refractivity contribution in [1.29, 1.82) is 0 Å². The lowest BCUT2D eigenvalue weighted by atomic mass is 10.1. The average molecular weight is 343 g/mol. The summed E-state index contributed by atoms with van der Waals surface area (Å²) >= 11 is 0.570. The highest BCUT2D eigenvalue weighted by Gasteiger charge is 2.33. The van der Waals surface area contributed by atoms with Gasteiger partial charge in [-0.15, -0.1) is 0 Å². The van der Waals surface area contributed by atoms with Crippen molar-refractivity contribution in [2.45, 2.75) is 26.6 Å². The summed E-state index contributed by atoms with van der Waals surface area (Å²) in [6, 6.07) is 7.09. The lowest BCUT2D eigenvalue weighted by Gasteiger charge is -2.08. The molecule has 0 atom stereocenters. The number of halogens is 3. The van der Waals surface area contributed by atoms with E-state index in [1.807, 2.05) is 0 Å². The Kier molecular flexibility index (Phi) is 5.25. The molecule has 1 heterocycles. The Bertz CT molecular complexity index is 665. The van der Waals surface area contributed by atoms with Crippen LogP contribution in [0.2, 0.25) is 0 Å². The quantitative estimate of drug-likeness (QED) is 0.848. The molecule has 0 bridgehead atoms. The van der Waals surface area contributed by atoms with E-state index in [1.54, 1.807) is 38.1 Å². The van der Waals surface area contributed by atoms with Crippen molar-refractivity contribution in [3.8, 4) is 0 Å². The molecule has 2 rings (SSSR count). The number of carbonyl (C=O) groups excluding carboxylic acids is 1. The van der Waals surface area contributed by atoms with Gasteiger partial charge in [0, 0.05) is 18.2 Å². The van der Waals surface area contributed by atoms with E-state index in [2.05, 4.69) is 15.6 Å². The molecule has 1 amide bonds. The fraction of sp³-hybridized carbons (Fsp3) is 0.333. The molecule has 0 aliphatic carbocycles. The van der Waals surface area contributed by atoms with Crippen molar-refractivity contribution in [1.82, 2.24) is 4.98 Å². The van der Waals surface area contributed by atoms with E-state index < -0.39 is 11.1 Å². The smallest absolute Gasteiger partial charge is 0.357 e. The van der Waals surface area contributed by atoms with Crippen LogP contribution in [0, 0.1) is 5.92 Å². The summed E-state index contributed by atoms with van der Waals surface area (Å²) in [5.74, 6) is -0.178. The second-order valence-electron chi connectivity index (χ2n) is 5.22. The average Bonchev–Trinajstić information content (AvgIpc) is 2.95. The fourth-order valence-corrected chi connectivity index (χ4v) is 2.34. The Morgan fingerprint density at radius 3 is 2.43 bits per heavy atom. The summed E-state index contributed by atoms with van der Waals surface area (Å²) in [6.07, 6.45) is -3.55. The zero-order chi connectivity index (χ0) is 17.0. The van der Waals surface area contributed by atoms with Crippen molar-refractivity contribution in [2.24, 2.45) is 5.92 Å². The van der Waals surface area contributed by atoms with Crippen LogP contribution in [0.25, 0.3) is 0 Å². The van der Waals surface area contributed by atoms with E-state index in [0.29, 0.717) is 23.6 Å². The highest BCUT2D eigenvalue weighted by Crippen LogP contribution is 2.35. The van der Waals surface area contributed by atoms with E-state index in [9.17, 15) is 18.0 Å². The predicted octanol–water partition coefficient (Wildman–Crippen LogP) is 4.37. The summed E-state index contributed by atoms with van der Waals surface area (Å²) in [5.41, 5.74) is 1.55. The van der Waals surface area contributed by atoms with Gasteiger partial charge < -0.3 is 10.6 Å². The highest BCUT2D eigenvalue weighted by atomic mass is 32.1. The van der Waals surface area contributed by atoms with Gasteiger partial charge in [0.1, 0.15) is 4.88 Å². The SMILES string of the molecule is CC(C)C(=O)Nc1ccc(CNc2ncc(C(F)(F)F)s2)cc1. The number of anilines is 2. The lowest BCUT2D eigenvalue weighted by molar-refractivity contribution is -0.134. The Morgan fingerprint density at radius 1 is 1.26 bits per heavy atom. The molecular formula is C15H16F3N3OS. The molecule has 8 heteroatoms. The molecule has 4 nitrogen and oxygen atoms in total. The normalized spacial score (nSPS) is 11.6. The summed E-state index contributed by atoms with van der Waals surface area (Å²) in [6.45, 7) is 3.96. The van der Waals surface area contributed by atoms with E-state index in [-0.39, 0.29) is 17.0 Å². The summed E-state index contributed by atoms with van der Waals surface area (Å²) in [5, 5.41) is 5.84. The van der Waals surface area contributed by atoms with Crippen LogP contribution in [0.5, 0.6) is 0 Å². The van der Waals surface area contributed by atoms with Crippen molar-refractivity contribution in [2.75, 3.05) is 10.6 Å². The van der Waals surface area contributed by atoms with Crippen LogP contribution in [0.15, 0.2) is 30.5 Å². The maximum atomic E-state index is 12.5. The first-order valence-corrected chi connectivity index (χ1v) is 7.74. The molecule has 0 saturated carbocycles. The van der Waals surface area contributed by atoms with Crippen LogP contribution in [-0.2, 0) is 17.5 Å². The van der Waals surface area contributed by atoms with E-state index >= 15 is 0 Å². The van der Waals surface area contributed by atoms with Crippen molar-refractivity contribution >= 4 is 28.1 Å². The number of benzene rings is 1. The third-order valence-electron chi connectivity index (χ3n) is 2.97. The molecule has 0 saturated heterocycles. The van der Waals surface area contributed by atoms with Gasteiger partial charge in [-0.3, -0.25) is 4.79 Å². The number of hydrogen-bond acceptors (Lipinski definition) is 4. The van der Waals surface area contributed by atoms with Gasteiger partial charge in [0.25, 0.3) is 0 Å². The molecule has 2 N–H and O–H groups in total. The van der Waals surface area contributed by atoms with E-state index in [4.69, 9.17) is 0 Å². The number of nitrogens with zero attached hydrogens (tertiary/aromatic N) is 1. The van der Waals surface area contributed by atoms with Crippen molar-refractivity contribution < 1.29 is 18.0 Å². The first-order chi connectivity index (χ1) is 10.8. The Hall–Kier alpha value is -2.09. The largest absolute Gasteiger partial charge is 0.427 e. The van der Waals surface area contributed by atoms with Gasteiger partial charge in [0.2, 0.25) is 5.91 Å². The zero-order valence-corrected chi connectivity index (χ0v) is 13.4. The van der Waals surface area contributed by atoms with E-state index in [0.717, 1.165) is 11.8 Å². The second-order valence-corrected chi connectivity index (χ2v) is 6.25. The number of aromatic nitrogens is 1. The van der Waals surface area contributed by atoms with Gasteiger partial charge in [0.05, 0.1) is 6.20 Å². The van der Waals surface area contributed by atoms with Gasteiger partial charge >= 0.3 is 6.18 Å². The molecule has 2 aromatic rings. The molecule has 1 aromatic heterocycles. The van der Waals surface area contributed by atoms with Crippen molar-refractivity contribution in [3.05, 3.63) is 40.9 Å². The highest BCUT2D eigenvalue weighted by molar-refractivity contribution is 7.15. The second kappa shape index (κ2) is 6.99. The zero-order valence-electron chi connectivity index (χ0n) is 12.6. The number of nitrogens with one attached hydrogen (secondary N) is 2. The number of carbonyl (C=O) groups is 1. The number of hydrogen-bond donors (Lipinski definition) is 2. The predicted molar refractivity (Wildman–Crippen MR) is 84.4 cm³/mol. The molecule has 1 aromatic carbocycles. The minimum atomic E-state index is -4.37. The summed E-state index contributed by atoms with van der Waals surface area (Å²) in [7, 11) is 0. The van der Waals surface area contributed by atoms with Gasteiger partial charge in [-0.1, -0.05) is 37.3 Å². The Morgan fingerprint density at radius 2 is 1.91 bits per heavy atom. The molecule has 0 aliphatic rings. The molecule has 0 unspecified atom stereocenters. The van der Waals surface area contributed by atoms with Crippen LogP contribution < -0.4 is 10.6 Å². The Balaban J connectivity index is 1.91. The summed E-state index contributed by atoms with van der Waals surface area (Å²) < 4.78 is 37.4. The van der Waals surface area contributed by atoms with E-state index in [1.165, 1.54) is 0 Å². The molecule has 124 valence electrons. The van der Waals surface area contributed by atoms with Crippen LogP contribution >= 0.6 is 11.3 Å². The van der Waals surface area contributed by atoms with Gasteiger partial charge in [0.15, 0.2) is 5.13 Å². The van der Waals surface area contributed by atoms with Gasteiger partial charge in [-0.05, 0) is 17.7 Å². The van der Waals surface area contributed by atoms with Crippen LogP contribution in [0.4, 0.5) is 24.0 Å². The molecule has 23 heavy (non-hydrogen) atoms. The van der Waals surface area contributed by atoms with Gasteiger partial charge in [-0.25, -0.2) is 4.98 Å². The van der Waals surface area contributed by atoms with Crippen LogP contribution in [0.1, 0.15) is 24.3 Å². The molecule has 0 spiro atoms. The molecule has 0 radical (unpaired) electrons. The minimum absolute atomic E-state index is 0.0710. The topological polar surface area (TPSA) is 54.0 Å². The monoisotopic (exact) mass is 343 g/mol. The Labute approximate surface area is 135 Å². The molecule has 0 aliphatic heterocycles. The number of rotatable bonds is 5. The lowest BCUT2D eigenvalue weighted by Crippen LogP contribution is -2.17. The van der Waals surface area contributed by atoms with Crippen LogP contribution in [-0.4, -0.2) is 10.9 Å². The maximum absolute atomic E-state index is 12.5.